The first-order chi connectivity index (χ1) is 4.79. The van der Waals surface area contributed by atoms with Gasteiger partial charge in [-0.1, -0.05) is 19.9 Å². The maximum absolute atomic E-state index is 10.5. The highest BCUT2D eigenvalue weighted by atomic mass is 16.1. The average Bonchev–Trinajstić information content (AvgIpc) is 1.91. The Labute approximate surface area is 62.3 Å². The number of hydrogen-bond acceptors (Lipinski definition) is 1. The van der Waals surface area contributed by atoms with Gasteiger partial charge in [-0.2, -0.15) is 0 Å². The Bertz CT molecular complexity index is 138. The van der Waals surface area contributed by atoms with E-state index in [1.54, 1.807) is 0 Å². The fourth-order valence-corrected chi connectivity index (χ4v) is 0.753. The number of amides is 1. The first-order valence-corrected chi connectivity index (χ1v) is 3.75. The van der Waals surface area contributed by atoms with Crippen LogP contribution >= 0.6 is 0 Å². The molecule has 1 rings (SSSR count). The Morgan fingerprint density at radius 1 is 1.50 bits per heavy atom. The van der Waals surface area contributed by atoms with Gasteiger partial charge in [0.1, 0.15) is 0 Å². The highest BCUT2D eigenvalue weighted by molar-refractivity contribution is 5.78. The summed E-state index contributed by atoms with van der Waals surface area (Å²) in [5.41, 5.74) is 0.987. The molecular formula is C8H15NO. The third-order valence-electron chi connectivity index (χ3n) is 1.16. The lowest BCUT2D eigenvalue weighted by atomic mass is 10.2. The van der Waals surface area contributed by atoms with Crippen LogP contribution in [-0.2, 0) is 4.79 Å². The lowest BCUT2D eigenvalue weighted by Crippen LogP contribution is -2.23. The summed E-state index contributed by atoms with van der Waals surface area (Å²) in [7, 11) is 0. The Morgan fingerprint density at radius 3 is 2.40 bits per heavy atom. The fourth-order valence-electron chi connectivity index (χ4n) is 0.753. The largest absolute Gasteiger partial charge is 0.330 e. The molecule has 0 saturated heterocycles. The van der Waals surface area contributed by atoms with Gasteiger partial charge >= 0.3 is 0 Å². The van der Waals surface area contributed by atoms with Gasteiger partial charge in [-0.3, -0.25) is 4.79 Å². The van der Waals surface area contributed by atoms with Crippen molar-refractivity contribution in [3.05, 3.63) is 11.8 Å². The van der Waals surface area contributed by atoms with Crippen LogP contribution in [0.5, 0.6) is 0 Å². The van der Waals surface area contributed by atoms with Crippen LogP contribution in [0.25, 0.3) is 0 Å². The van der Waals surface area contributed by atoms with E-state index in [0.717, 1.165) is 12.1 Å². The molecule has 0 fully saturated rings. The fraction of sp³-hybridized carbons (Fsp3) is 0.625. The average molecular weight is 141 g/mol. The zero-order valence-electron chi connectivity index (χ0n) is 6.90. The van der Waals surface area contributed by atoms with Crippen molar-refractivity contribution in [1.29, 1.82) is 0 Å². The molecule has 0 spiro atoms. The molecule has 0 radical (unpaired) electrons. The summed E-state index contributed by atoms with van der Waals surface area (Å²) in [6.45, 7) is 5.90. The summed E-state index contributed by atoms with van der Waals surface area (Å²) in [4.78, 5) is 10.5. The summed E-state index contributed by atoms with van der Waals surface area (Å²) < 4.78 is 0. The zero-order valence-corrected chi connectivity index (χ0v) is 6.90. The highest BCUT2D eigenvalue weighted by Gasteiger charge is 2.04. The summed E-state index contributed by atoms with van der Waals surface area (Å²) in [6.07, 6.45) is 3.58. The van der Waals surface area contributed by atoms with Crippen molar-refractivity contribution in [2.24, 2.45) is 0 Å². The number of nitrogens with one attached hydrogen (secondary N) is 1. The molecule has 58 valence electrons. The molecule has 1 aliphatic heterocycles. The minimum atomic E-state index is 0.144. The van der Waals surface area contributed by atoms with Gasteiger partial charge in [0.15, 0.2) is 0 Å². The minimum absolute atomic E-state index is 0.144. The SMILES string of the molecule is CC.CC1=CCCC(=O)N1. The van der Waals surface area contributed by atoms with E-state index in [2.05, 4.69) is 5.32 Å². The van der Waals surface area contributed by atoms with Crippen molar-refractivity contribution in [1.82, 2.24) is 5.32 Å². The molecule has 0 aromatic carbocycles. The molecule has 0 aromatic rings. The topological polar surface area (TPSA) is 29.1 Å². The Balaban J connectivity index is 0.000000371. The molecule has 0 saturated carbocycles. The van der Waals surface area contributed by atoms with Gasteiger partial charge in [0.05, 0.1) is 0 Å². The lowest BCUT2D eigenvalue weighted by molar-refractivity contribution is -0.120. The third-order valence-corrected chi connectivity index (χ3v) is 1.16. The second kappa shape index (κ2) is 5.03. The van der Waals surface area contributed by atoms with Crippen molar-refractivity contribution in [2.75, 3.05) is 0 Å². The Morgan fingerprint density at radius 2 is 2.10 bits per heavy atom. The van der Waals surface area contributed by atoms with Gasteiger partial charge in [0.2, 0.25) is 5.91 Å². The van der Waals surface area contributed by atoms with E-state index < -0.39 is 0 Å². The molecule has 10 heavy (non-hydrogen) atoms. The van der Waals surface area contributed by atoms with Gasteiger partial charge in [0.25, 0.3) is 0 Å². The van der Waals surface area contributed by atoms with Crippen molar-refractivity contribution in [3.63, 3.8) is 0 Å². The Hall–Kier alpha value is -0.790. The van der Waals surface area contributed by atoms with Crippen LogP contribution in [-0.4, -0.2) is 5.91 Å². The van der Waals surface area contributed by atoms with Crippen molar-refractivity contribution in [3.8, 4) is 0 Å². The van der Waals surface area contributed by atoms with Gasteiger partial charge in [0, 0.05) is 12.1 Å². The third kappa shape index (κ3) is 3.28. The molecule has 1 N–H and O–H groups in total. The highest BCUT2D eigenvalue weighted by Crippen LogP contribution is 2.01. The second-order valence-electron chi connectivity index (χ2n) is 1.97. The number of carbonyl (C=O) groups is 1. The van der Waals surface area contributed by atoms with E-state index in [1.807, 2.05) is 26.8 Å². The van der Waals surface area contributed by atoms with Crippen LogP contribution in [0.1, 0.15) is 33.6 Å². The maximum Gasteiger partial charge on any atom is 0.224 e. The number of carbonyl (C=O) groups excluding carboxylic acids is 1. The van der Waals surface area contributed by atoms with E-state index in [0.29, 0.717) is 6.42 Å². The zero-order chi connectivity index (χ0) is 7.98. The summed E-state index contributed by atoms with van der Waals surface area (Å²) in [6, 6.07) is 0. The molecule has 0 unspecified atom stereocenters. The molecule has 1 amide bonds. The summed E-state index contributed by atoms with van der Waals surface area (Å²) in [5.74, 6) is 0.144. The molecule has 0 aromatic heterocycles. The molecule has 2 heteroatoms. The number of allylic oxidation sites excluding steroid dienone is 2. The van der Waals surface area contributed by atoms with Crippen molar-refractivity contribution in [2.45, 2.75) is 33.6 Å². The molecule has 0 aliphatic carbocycles. The van der Waals surface area contributed by atoms with Crippen molar-refractivity contribution < 1.29 is 4.79 Å². The van der Waals surface area contributed by atoms with Gasteiger partial charge < -0.3 is 5.32 Å². The molecule has 2 nitrogen and oxygen atoms in total. The normalized spacial score (nSPS) is 16.3. The smallest absolute Gasteiger partial charge is 0.224 e. The summed E-state index contributed by atoms with van der Waals surface area (Å²) in [5, 5.41) is 2.70. The lowest BCUT2D eigenvalue weighted by Gasteiger charge is -2.08. The van der Waals surface area contributed by atoms with Crippen LogP contribution in [0.3, 0.4) is 0 Å². The van der Waals surface area contributed by atoms with Crippen LogP contribution in [0.4, 0.5) is 0 Å². The van der Waals surface area contributed by atoms with E-state index >= 15 is 0 Å². The molecule has 0 atom stereocenters. The van der Waals surface area contributed by atoms with E-state index in [1.165, 1.54) is 0 Å². The summed E-state index contributed by atoms with van der Waals surface area (Å²) >= 11 is 0. The minimum Gasteiger partial charge on any atom is -0.330 e. The van der Waals surface area contributed by atoms with Crippen LogP contribution < -0.4 is 5.32 Å². The molecule has 1 aliphatic rings. The first-order valence-electron chi connectivity index (χ1n) is 3.75. The van der Waals surface area contributed by atoms with E-state index in [9.17, 15) is 4.79 Å². The van der Waals surface area contributed by atoms with Crippen molar-refractivity contribution >= 4 is 5.91 Å². The quantitative estimate of drug-likeness (QED) is 0.548. The van der Waals surface area contributed by atoms with E-state index in [-0.39, 0.29) is 5.91 Å². The predicted molar refractivity (Wildman–Crippen MR) is 42.5 cm³/mol. The van der Waals surface area contributed by atoms with Crippen LogP contribution in [0.15, 0.2) is 11.8 Å². The van der Waals surface area contributed by atoms with Gasteiger partial charge in [-0.15, -0.1) is 0 Å². The maximum atomic E-state index is 10.5. The molecule has 0 bridgehead atoms. The first kappa shape index (κ1) is 9.21. The molecule has 1 heterocycles. The number of rotatable bonds is 0. The van der Waals surface area contributed by atoms with Crippen LogP contribution in [0.2, 0.25) is 0 Å². The van der Waals surface area contributed by atoms with Crippen LogP contribution in [0, 0.1) is 0 Å². The van der Waals surface area contributed by atoms with Gasteiger partial charge in [-0.25, -0.2) is 0 Å². The van der Waals surface area contributed by atoms with Gasteiger partial charge in [-0.05, 0) is 13.3 Å². The molecular weight excluding hydrogens is 126 g/mol. The standard InChI is InChI=1S/C6H9NO.C2H6/c1-5-3-2-4-6(8)7-5;1-2/h3H,2,4H2,1H3,(H,7,8);1-2H3. The number of hydrogen-bond donors (Lipinski definition) is 1. The predicted octanol–water partition coefficient (Wildman–Crippen LogP) is 1.83. The van der Waals surface area contributed by atoms with E-state index in [4.69, 9.17) is 0 Å². The second-order valence-corrected chi connectivity index (χ2v) is 1.97. The Kier molecular flexibility index (Phi) is 4.63. The monoisotopic (exact) mass is 141 g/mol.